The van der Waals surface area contributed by atoms with Crippen LogP contribution in [0.3, 0.4) is 0 Å². The van der Waals surface area contributed by atoms with Gasteiger partial charge in [0.15, 0.2) is 17.5 Å². The maximum Gasteiger partial charge on any atom is 0.230 e. The Labute approximate surface area is 119 Å². The lowest BCUT2D eigenvalue weighted by Crippen LogP contribution is -2.18. The molecule has 3 rings (SSSR count). The van der Waals surface area contributed by atoms with E-state index in [-0.39, 0.29) is 12.0 Å². The Balaban J connectivity index is 1.72. The van der Waals surface area contributed by atoms with E-state index in [4.69, 9.17) is 4.74 Å². The van der Waals surface area contributed by atoms with Crippen LogP contribution in [0.5, 0.6) is 0 Å². The summed E-state index contributed by atoms with van der Waals surface area (Å²) in [5.74, 6) is -2.04. The summed E-state index contributed by atoms with van der Waals surface area (Å²) in [4.78, 5) is 11.9. The highest BCUT2D eigenvalue weighted by molar-refractivity contribution is 5.92. The highest BCUT2D eigenvalue weighted by Crippen LogP contribution is 2.22. The number of H-pyrrole nitrogens is 1. The van der Waals surface area contributed by atoms with Gasteiger partial charge in [-0.05, 0) is 6.07 Å². The third kappa shape index (κ3) is 2.78. The fraction of sp³-hybridized carbons (Fsp3) is 0.286. The van der Waals surface area contributed by atoms with Crippen molar-refractivity contribution in [1.29, 1.82) is 0 Å². The van der Waals surface area contributed by atoms with Crippen LogP contribution in [0.1, 0.15) is 16.8 Å². The van der Waals surface area contributed by atoms with Crippen LogP contribution in [0, 0.1) is 11.6 Å². The first kappa shape index (κ1) is 13.7. The Kier molecular flexibility index (Phi) is 3.66. The van der Waals surface area contributed by atoms with Crippen LogP contribution >= 0.6 is 0 Å². The highest BCUT2D eigenvalue weighted by Gasteiger charge is 2.19. The number of aromatic nitrogens is 2. The van der Waals surface area contributed by atoms with E-state index in [2.05, 4.69) is 15.5 Å². The Hall–Kier alpha value is -2.28. The zero-order chi connectivity index (χ0) is 14.8. The maximum absolute atomic E-state index is 13.5. The van der Waals surface area contributed by atoms with Gasteiger partial charge in [-0.3, -0.25) is 9.89 Å². The number of halogens is 2. The fourth-order valence-electron chi connectivity index (χ4n) is 2.25. The standard InChI is InChI=1S/C14H13F2N3O2/c15-10-3-1-2-8(13(10)16)6-12(20)17-14-9-7-21-5-4-11(9)18-19-14/h1-3H,4-7H2,(H2,17,18,19,20). The number of fused-ring (bicyclic) bond motifs is 1. The van der Waals surface area contributed by atoms with Crippen molar-refractivity contribution in [3.63, 3.8) is 0 Å². The second-order valence-electron chi connectivity index (χ2n) is 4.77. The molecule has 0 saturated heterocycles. The molecule has 0 unspecified atom stereocenters. The molecule has 1 aliphatic heterocycles. The zero-order valence-electron chi connectivity index (χ0n) is 11.1. The van der Waals surface area contributed by atoms with Crippen molar-refractivity contribution in [1.82, 2.24) is 10.2 Å². The summed E-state index contributed by atoms with van der Waals surface area (Å²) < 4.78 is 31.9. The van der Waals surface area contributed by atoms with Crippen LogP contribution in [-0.4, -0.2) is 22.7 Å². The van der Waals surface area contributed by atoms with Crippen LogP contribution in [0.15, 0.2) is 18.2 Å². The van der Waals surface area contributed by atoms with E-state index < -0.39 is 17.5 Å². The van der Waals surface area contributed by atoms with Gasteiger partial charge in [-0.15, -0.1) is 0 Å². The number of ether oxygens (including phenoxy) is 1. The minimum absolute atomic E-state index is 0.00755. The predicted molar refractivity (Wildman–Crippen MR) is 70.6 cm³/mol. The minimum atomic E-state index is -1.000. The molecule has 0 fully saturated rings. The van der Waals surface area contributed by atoms with Crippen molar-refractivity contribution in [2.75, 3.05) is 11.9 Å². The second kappa shape index (κ2) is 5.61. The second-order valence-corrected chi connectivity index (χ2v) is 4.77. The van der Waals surface area contributed by atoms with Gasteiger partial charge >= 0.3 is 0 Å². The molecule has 0 radical (unpaired) electrons. The van der Waals surface area contributed by atoms with Crippen LogP contribution < -0.4 is 5.32 Å². The zero-order valence-corrected chi connectivity index (χ0v) is 11.1. The molecule has 2 aromatic rings. The smallest absolute Gasteiger partial charge is 0.230 e. The lowest BCUT2D eigenvalue weighted by molar-refractivity contribution is -0.115. The third-order valence-corrected chi connectivity index (χ3v) is 3.34. The summed E-state index contributed by atoms with van der Waals surface area (Å²) in [5.41, 5.74) is 1.73. The molecule has 1 aromatic carbocycles. The van der Waals surface area contributed by atoms with Crippen LogP contribution in [-0.2, 0) is 29.0 Å². The van der Waals surface area contributed by atoms with E-state index in [0.717, 1.165) is 17.3 Å². The summed E-state index contributed by atoms with van der Waals surface area (Å²) in [5, 5.41) is 9.45. The van der Waals surface area contributed by atoms with Crippen LogP contribution in [0.4, 0.5) is 14.6 Å². The van der Waals surface area contributed by atoms with E-state index in [1.54, 1.807) is 0 Å². The summed E-state index contributed by atoms with van der Waals surface area (Å²) >= 11 is 0. The number of hydrogen-bond donors (Lipinski definition) is 2. The van der Waals surface area contributed by atoms with Crippen molar-refractivity contribution < 1.29 is 18.3 Å². The third-order valence-electron chi connectivity index (χ3n) is 3.34. The summed E-state index contributed by atoms with van der Waals surface area (Å²) in [7, 11) is 0. The molecule has 1 aliphatic rings. The molecule has 1 aromatic heterocycles. The molecule has 5 nitrogen and oxygen atoms in total. The van der Waals surface area contributed by atoms with Gasteiger partial charge in [0, 0.05) is 23.2 Å². The Bertz CT molecular complexity index is 685. The molecule has 0 spiro atoms. The molecule has 2 N–H and O–H groups in total. The number of carbonyl (C=O) groups excluding carboxylic acids is 1. The number of aromatic amines is 1. The van der Waals surface area contributed by atoms with Gasteiger partial charge in [-0.1, -0.05) is 12.1 Å². The number of anilines is 1. The van der Waals surface area contributed by atoms with Crippen LogP contribution in [0.2, 0.25) is 0 Å². The first-order valence-electron chi connectivity index (χ1n) is 6.51. The van der Waals surface area contributed by atoms with Gasteiger partial charge in [0.2, 0.25) is 5.91 Å². The number of amides is 1. The van der Waals surface area contributed by atoms with Crippen molar-refractivity contribution in [3.8, 4) is 0 Å². The number of nitrogens with zero attached hydrogens (tertiary/aromatic N) is 1. The fourth-order valence-corrected chi connectivity index (χ4v) is 2.25. The molecule has 7 heteroatoms. The van der Waals surface area contributed by atoms with Gasteiger partial charge < -0.3 is 10.1 Å². The van der Waals surface area contributed by atoms with E-state index in [0.29, 0.717) is 25.5 Å². The Morgan fingerprint density at radius 3 is 3.14 bits per heavy atom. The summed E-state index contributed by atoms with van der Waals surface area (Å²) in [6.07, 6.45) is 0.447. The van der Waals surface area contributed by atoms with Crippen LogP contribution in [0.25, 0.3) is 0 Å². The molecule has 21 heavy (non-hydrogen) atoms. The maximum atomic E-state index is 13.5. The summed E-state index contributed by atoms with van der Waals surface area (Å²) in [6, 6.07) is 3.75. The highest BCUT2D eigenvalue weighted by atomic mass is 19.2. The quantitative estimate of drug-likeness (QED) is 0.909. The lowest BCUT2D eigenvalue weighted by atomic mass is 10.1. The molecule has 0 atom stereocenters. The molecule has 0 aliphatic carbocycles. The van der Waals surface area contributed by atoms with Gasteiger partial charge in [0.1, 0.15) is 0 Å². The number of carbonyl (C=O) groups is 1. The van der Waals surface area contributed by atoms with E-state index in [1.807, 2.05) is 0 Å². The van der Waals surface area contributed by atoms with Gasteiger partial charge in [-0.2, -0.15) is 5.10 Å². The minimum Gasteiger partial charge on any atom is -0.376 e. The Morgan fingerprint density at radius 1 is 1.43 bits per heavy atom. The topological polar surface area (TPSA) is 67.0 Å². The van der Waals surface area contributed by atoms with E-state index in [9.17, 15) is 13.6 Å². The van der Waals surface area contributed by atoms with E-state index in [1.165, 1.54) is 12.1 Å². The van der Waals surface area contributed by atoms with Crippen molar-refractivity contribution >= 4 is 11.7 Å². The van der Waals surface area contributed by atoms with Gasteiger partial charge in [0.25, 0.3) is 0 Å². The van der Waals surface area contributed by atoms with Crippen molar-refractivity contribution in [2.24, 2.45) is 0 Å². The van der Waals surface area contributed by atoms with Gasteiger partial charge in [0.05, 0.1) is 19.6 Å². The monoisotopic (exact) mass is 293 g/mol. The molecular weight excluding hydrogens is 280 g/mol. The SMILES string of the molecule is O=C(Cc1cccc(F)c1F)Nc1n[nH]c2c1COCC2. The first-order valence-corrected chi connectivity index (χ1v) is 6.51. The summed E-state index contributed by atoms with van der Waals surface area (Å²) in [6.45, 7) is 0.979. The lowest BCUT2D eigenvalue weighted by Gasteiger charge is -2.12. The van der Waals surface area contributed by atoms with E-state index >= 15 is 0 Å². The number of benzene rings is 1. The number of nitrogens with one attached hydrogen (secondary N) is 2. The average molecular weight is 293 g/mol. The van der Waals surface area contributed by atoms with Crippen molar-refractivity contribution in [2.45, 2.75) is 19.4 Å². The average Bonchev–Trinajstić information content (AvgIpc) is 2.87. The molecule has 110 valence electrons. The molecular formula is C14H13F2N3O2. The van der Waals surface area contributed by atoms with Gasteiger partial charge in [-0.25, -0.2) is 8.78 Å². The molecule has 2 heterocycles. The first-order chi connectivity index (χ1) is 10.1. The predicted octanol–water partition coefficient (Wildman–Crippen LogP) is 1.94. The normalized spacial score (nSPS) is 13.8. The number of hydrogen-bond acceptors (Lipinski definition) is 3. The number of rotatable bonds is 3. The molecule has 0 saturated carbocycles. The molecule has 1 amide bonds. The molecule has 0 bridgehead atoms. The Morgan fingerprint density at radius 2 is 2.29 bits per heavy atom. The van der Waals surface area contributed by atoms with Crippen molar-refractivity contribution in [3.05, 3.63) is 46.7 Å². The largest absolute Gasteiger partial charge is 0.376 e.